The highest BCUT2D eigenvalue weighted by molar-refractivity contribution is 4.58. The van der Waals surface area contributed by atoms with Crippen molar-refractivity contribution in [2.75, 3.05) is 27.3 Å². The van der Waals surface area contributed by atoms with Crippen molar-refractivity contribution in [3.05, 3.63) is 0 Å². The summed E-state index contributed by atoms with van der Waals surface area (Å²) in [6.07, 6.45) is 0.554. The molecule has 0 saturated carbocycles. The molecule has 3 heteroatoms. The van der Waals surface area contributed by atoms with Gasteiger partial charge < -0.3 is 14.8 Å². The Kier molecular flexibility index (Phi) is 6.51. The van der Waals surface area contributed by atoms with Crippen molar-refractivity contribution in [2.45, 2.75) is 26.1 Å². The zero-order valence-corrected chi connectivity index (χ0v) is 7.89. The van der Waals surface area contributed by atoms with E-state index in [2.05, 4.69) is 5.32 Å². The van der Waals surface area contributed by atoms with Crippen LogP contribution < -0.4 is 5.32 Å². The zero-order valence-electron chi connectivity index (χ0n) is 7.89. The Morgan fingerprint density at radius 3 is 1.64 bits per heavy atom. The standard InChI is InChI=1S/C8H19NO2/c1-7(10-3)5-9-6-8(2)11-4/h7-9H,5-6H2,1-4H3/t7-,8-/m1/s1. The normalized spacial score (nSPS) is 16.4. The summed E-state index contributed by atoms with van der Waals surface area (Å²) >= 11 is 0. The molecular formula is C8H19NO2. The van der Waals surface area contributed by atoms with Crippen molar-refractivity contribution in [1.82, 2.24) is 5.32 Å². The van der Waals surface area contributed by atoms with Gasteiger partial charge in [-0.2, -0.15) is 0 Å². The van der Waals surface area contributed by atoms with Crippen molar-refractivity contribution < 1.29 is 9.47 Å². The molecular weight excluding hydrogens is 142 g/mol. The molecule has 0 spiro atoms. The fourth-order valence-corrected chi connectivity index (χ4v) is 0.657. The minimum atomic E-state index is 0.277. The smallest absolute Gasteiger partial charge is 0.0667 e. The molecule has 0 bridgehead atoms. The number of nitrogens with one attached hydrogen (secondary N) is 1. The van der Waals surface area contributed by atoms with Crippen LogP contribution in [0.3, 0.4) is 0 Å². The van der Waals surface area contributed by atoms with Crippen molar-refractivity contribution in [3.8, 4) is 0 Å². The highest BCUT2D eigenvalue weighted by Gasteiger charge is 2.00. The monoisotopic (exact) mass is 161 g/mol. The van der Waals surface area contributed by atoms with E-state index in [4.69, 9.17) is 9.47 Å². The fraction of sp³-hybridized carbons (Fsp3) is 1.00. The Balaban J connectivity index is 3.13. The van der Waals surface area contributed by atoms with Crippen LogP contribution in [0.5, 0.6) is 0 Å². The van der Waals surface area contributed by atoms with Gasteiger partial charge in [0.05, 0.1) is 12.2 Å². The van der Waals surface area contributed by atoms with Gasteiger partial charge in [-0.25, -0.2) is 0 Å². The van der Waals surface area contributed by atoms with Crippen LogP contribution in [0.2, 0.25) is 0 Å². The molecule has 0 heterocycles. The Morgan fingerprint density at radius 2 is 1.36 bits per heavy atom. The average molecular weight is 161 g/mol. The Labute approximate surface area is 69.1 Å². The largest absolute Gasteiger partial charge is 0.380 e. The van der Waals surface area contributed by atoms with Crippen LogP contribution in [-0.4, -0.2) is 39.5 Å². The van der Waals surface area contributed by atoms with E-state index in [9.17, 15) is 0 Å². The first-order chi connectivity index (χ1) is 5.20. The van der Waals surface area contributed by atoms with Crippen molar-refractivity contribution in [1.29, 1.82) is 0 Å². The summed E-state index contributed by atoms with van der Waals surface area (Å²) in [5.74, 6) is 0. The molecule has 0 aliphatic carbocycles. The van der Waals surface area contributed by atoms with Gasteiger partial charge in [0.1, 0.15) is 0 Å². The first-order valence-corrected chi connectivity index (χ1v) is 3.97. The minimum absolute atomic E-state index is 0.277. The summed E-state index contributed by atoms with van der Waals surface area (Å²) in [4.78, 5) is 0. The highest BCUT2D eigenvalue weighted by atomic mass is 16.5. The summed E-state index contributed by atoms with van der Waals surface area (Å²) in [7, 11) is 3.43. The molecule has 0 saturated heterocycles. The third-order valence-electron chi connectivity index (χ3n) is 1.67. The Morgan fingerprint density at radius 1 is 1.00 bits per heavy atom. The second-order valence-electron chi connectivity index (χ2n) is 2.75. The molecule has 0 aromatic rings. The molecule has 11 heavy (non-hydrogen) atoms. The summed E-state index contributed by atoms with van der Waals surface area (Å²) in [5, 5.41) is 3.24. The van der Waals surface area contributed by atoms with Gasteiger partial charge in [0.2, 0.25) is 0 Å². The molecule has 0 fully saturated rings. The van der Waals surface area contributed by atoms with E-state index in [1.807, 2.05) is 13.8 Å². The molecule has 2 atom stereocenters. The molecule has 0 rings (SSSR count). The van der Waals surface area contributed by atoms with E-state index in [1.165, 1.54) is 0 Å². The van der Waals surface area contributed by atoms with E-state index < -0.39 is 0 Å². The number of hydrogen-bond acceptors (Lipinski definition) is 3. The van der Waals surface area contributed by atoms with Gasteiger partial charge in [-0.3, -0.25) is 0 Å². The third kappa shape index (κ3) is 6.28. The van der Waals surface area contributed by atoms with Crippen LogP contribution in [0, 0.1) is 0 Å². The van der Waals surface area contributed by atoms with Crippen molar-refractivity contribution >= 4 is 0 Å². The van der Waals surface area contributed by atoms with Gasteiger partial charge in [0.15, 0.2) is 0 Å². The van der Waals surface area contributed by atoms with E-state index in [1.54, 1.807) is 14.2 Å². The Hall–Kier alpha value is -0.120. The zero-order chi connectivity index (χ0) is 8.69. The average Bonchev–Trinajstić information content (AvgIpc) is 2.04. The minimum Gasteiger partial charge on any atom is -0.380 e. The SMILES string of the molecule is CO[C@H](C)CNC[C@@H](C)OC. The first kappa shape index (κ1) is 10.9. The number of hydrogen-bond donors (Lipinski definition) is 1. The van der Waals surface area contributed by atoms with Crippen LogP contribution in [-0.2, 0) is 9.47 Å². The molecule has 1 N–H and O–H groups in total. The molecule has 0 unspecified atom stereocenters. The molecule has 0 aromatic heterocycles. The lowest BCUT2D eigenvalue weighted by atomic mass is 10.3. The molecule has 0 radical (unpaired) electrons. The van der Waals surface area contributed by atoms with Crippen molar-refractivity contribution in [2.24, 2.45) is 0 Å². The number of rotatable bonds is 6. The predicted molar refractivity (Wildman–Crippen MR) is 45.8 cm³/mol. The lowest BCUT2D eigenvalue weighted by Crippen LogP contribution is -2.32. The maximum Gasteiger partial charge on any atom is 0.0667 e. The van der Waals surface area contributed by atoms with Gasteiger partial charge in [-0.15, -0.1) is 0 Å². The van der Waals surface area contributed by atoms with Crippen LogP contribution in [0.1, 0.15) is 13.8 Å². The molecule has 0 aromatic carbocycles. The first-order valence-electron chi connectivity index (χ1n) is 3.97. The van der Waals surface area contributed by atoms with Gasteiger partial charge in [0.25, 0.3) is 0 Å². The highest BCUT2D eigenvalue weighted by Crippen LogP contribution is 1.86. The lowest BCUT2D eigenvalue weighted by Gasteiger charge is -2.13. The molecule has 0 amide bonds. The topological polar surface area (TPSA) is 30.5 Å². The van der Waals surface area contributed by atoms with Gasteiger partial charge in [0, 0.05) is 27.3 Å². The number of ether oxygens (including phenoxy) is 2. The van der Waals surface area contributed by atoms with E-state index in [0.29, 0.717) is 0 Å². The predicted octanol–water partition coefficient (Wildman–Crippen LogP) is 0.646. The van der Waals surface area contributed by atoms with Gasteiger partial charge >= 0.3 is 0 Å². The summed E-state index contributed by atoms with van der Waals surface area (Å²) in [6.45, 7) is 5.82. The summed E-state index contributed by atoms with van der Waals surface area (Å²) < 4.78 is 10.1. The van der Waals surface area contributed by atoms with Gasteiger partial charge in [-0.05, 0) is 13.8 Å². The molecule has 68 valence electrons. The third-order valence-corrected chi connectivity index (χ3v) is 1.67. The Bertz CT molecular complexity index is 78.2. The molecule has 3 nitrogen and oxygen atoms in total. The van der Waals surface area contributed by atoms with Crippen LogP contribution in [0.4, 0.5) is 0 Å². The molecule has 0 aliphatic rings. The van der Waals surface area contributed by atoms with Gasteiger partial charge in [-0.1, -0.05) is 0 Å². The summed E-state index contributed by atoms with van der Waals surface area (Å²) in [5.41, 5.74) is 0. The van der Waals surface area contributed by atoms with E-state index >= 15 is 0 Å². The van der Waals surface area contributed by atoms with Crippen molar-refractivity contribution in [3.63, 3.8) is 0 Å². The fourth-order valence-electron chi connectivity index (χ4n) is 0.657. The maximum absolute atomic E-state index is 5.06. The van der Waals surface area contributed by atoms with Crippen LogP contribution >= 0.6 is 0 Å². The quantitative estimate of drug-likeness (QED) is 0.620. The lowest BCUT2D eigenvalue weighted by molar-refractivity contribution is 0.0963. The molecule has 0 aliphatic heterocycles. The summed E-state index contributed by atoms with van der Waals surface area (Å²) in [6, 6.07) is 0. The maximum atomic E-state index is 5.06. The van der Waals surface area contributed by atoms with Crippen LogP contribution in [0.15, 0.2) is 0 Å². The second-order valence-corrected chi connectivity index (χ2v) is 2.75. The second kappa shape index (κ2) is 6.58. The van der Waals surface area contributed by atoms with E-state index in [0.717, 1.165) is 13.1 Å². The van der Waals surface area contributed by atoms with E-state index in [-0.39, 0.29) is 12.2 Å². The van der Waals surface area contributed by atoms with Crippen LogP contribution in [0.25, 0.3) is 0 Å². The number of methoxy groups -OCH3 is 2.